The average molecular weight is 360 g/mol. The molecule has 4 aromatic rings. The van der Waals surface area contributed by atoms with Crippen LogP contribution in [0.2, 0.25) is 0 Å². The summed E-state index contributed by atoms with van der Waals surface area (Å²) in [5, 5.41) is 4.96. The number of nitrogens with zero attached hydrogens (tertiary/aromatic N) is 4. The van der Waals surface area contributed by atoms with Crippen molar-refractivity contribution in [1.29, 1.82) is 0 Å². The lowest BCUT2D eigenvalue weighted by Gasteiger charge is -2.10. The topological polar surface area (TPSA) is 87.0 Å². The molecule has 0 saturated carbocycles. The number of fused-ring (bicyclic) bond motifs is 2. The molecule has 2 aromatic carbocycles. The summed E-state index contributed by atoms with van der Waals surface area (Å²) in [6, 6.07) is 14.3. The van der Waals surface area contributed by atoms with Crippen LogP contribution in [-0.2, 0) is 18.4 Å². The van der Waals surface area contributed by atoms with Crippen LogP contribution < -0.4 is 5.56 Å². The summed E-state index contributed by atoms with van der Waals surface area (Å²) in [5.74, 6) is -0.615. The van der Waals surface area contributed by atoms with Gasteiger partial charge in [-0.2, -0.15) is 5.10 Å². The summed E-state index contributed by atoms with van der Waals surface area (Å²) in [7, 11) is 1.50. The molecule has 4 rings (SSSR count). The molecule has 0 saturated heterocycles. The quantitative estimate of drug-likeness (QED) is 0.522. The van der Waals surface area contributed by atoms with Crippen LogP contribution in [0.1, 0.15) is 21.9 Å². The van der Waals surface area contributed by atoms with Crippen molar-refractivity contribution in [3.63, 3.8) is 0 Å². The van der Waals surface area contributed by atoms with Gasteiger partial charge in [0.2, 0.25) is 0 Å². The molecule has 7 heteroatoms. The van der Waals surface area contributed by atoms with Crippen molar-refractivity contribution in [2.75, 3.05) is 0 Å². The molecule has 0 bridgehead atoms. The predicted octanol–water partition coefficient (Wildman–Crippen LogP) is 2.54. The van der Waals surface area contributed by atoms with Gasteiger partial charge < -0.3 is 4.74 Å². The molecule has 0 amide bonds. The van der Waals surface area contributed by atoms with Gasteiger partial charge in [-0.3, -0.25) is 4.79 Å². The van der Waals surface area contributed by atoms with E-state index in [-0.39, 0.29) is 17.9 Å². The van der Waals surface area contributed by atoms with Gasteiger partial charge in [0.25, 0.3) is 5.56 Å². The van der Waals surface area contributed by atoms with E-state index in [2.05, 4.69) is 15.1 Å². The van der Waals surface area contributed by atoms with Crippen molar-refractivity contribution in [2.45, 2.75) is 13.5 Å². The molecule has 0 radical (unpaired) electrons. The van der Waals surface area contributed by atoms with Crippen molar-refractivity contribution in [3.05, 3.63) is 76.0 Å². The summed E-state index contributed by atoms with van der Waals surface area (Å²) >= 11 is 0. The zero-order valence-electron chi connectivity index (χ0n) is 14.8. The number of rotatable bonds is 3. The normalized spacial score (nSPS) is 11.0. The number of aryl methyl sites for hydroxylation is 2. The average Bonchev–Trinajstić information content (AvgIpc) is 2.69. The van der Waals surface area contributed by atoms with Gasteiger partial charge in [0.15, 0.2) is 5.69 Å². The van der Waals surface area contributed by atoms with Gasteiger partial charge in [-0.15, -0.1) is 0 Å². The van der Waals surface area contributed by atoms with E-state index in [1.54, 1.807) is 24.3 Å². The minimum absolute atomic E-state index is 0.0264. The highest BCUT2D eigenvalue weighted by Gasteiger charge is 2.18. The SMILES string of the molecule is Cc1nc2ccccc2nc1COC(=O)c1nn(C)c(=O)c2ccccc12. The number of aromatic nitrogens is 4. The Morgan fingerprint density at radius 1 is 1.00 bits per heavy atom. The Morgan fingerprint density at radius 2 is 1.63 bits per heavy atom. The first kappa shape index (κ1) is 16.8. The number of carbonyl (C=O) groups is 1. The molecule has 27 heavy (non-hydrogen) atoms. The third-order valence-electron chi connectivity index (χ3n) is 4.33. The van der Waals surface area contributed by atoms with Gasteiger partial charge in [0.1, 0.15) is 6.61 Å². The van der Waals surface area contributed by atoms with Crippen molar-refractivity contribution in [2.24, 2.45) is 7.05 Å². The molecule has 0 unspecified atom stereocenters. The summed E-state index contributed by atoms with van der Waals surface area (Å²) < 4.78 is 6.57. The first-order chi connectivity index (χ1) is 13.0. The minimum Gasteiger partial charge on any atom is -0.454 e. The van der Waals surface area contributed by atoms with Gasteiger partial charge in [-0.1, -0.05) is 30.3 Å². The summed E-state index contributed by atoms with van der Waals surface area (Å²) in [6.07, 6.45) is 0. The molecule has 0 spiro atoms. The number of hydrogen-bond donors (Lipinski definition) is 0. The van der Waals surface area contributed by atoms with Crippen LogP contribution in [0.5, 0.6) is 0 Å². The molecule has 0 aliphatic carbocycles. The molecule has 0 aliphatic heterocycles. The van der Waals surface area contributed by atoms with E-state index in [9.17, 15) is 9.59 Å². The molecule has 7 nitrogen and oxygen atoms in total. The monoisotopic (exact) mass is 360 g/mol. The first-order valence-electron chi connectivity index (χ1n) is 8.40. The smallest absolute Gasteiger partial charge is 0.359 e. The van der Waals surface area contributed by atoms with Gasteiger partial charge in [0, 0.05) is 12.4 Å². The zero-order chi connectivity index (χ0) is 19.0. The number of hydrogen-bond acceptors (Lipinski definition) is 6. The van der Waals surface area contributed by atoms with Crippen LogP contribution >= 0.6 is 0 Å². The van der Waals surface area contributed by atoms with Crippen LogP contribution in [0, 0.1) is 6.92 Å². The van der Waals surface area contributed by atoms with Gasteiger partial charge in [-0.05, 0) is 25.1 Å². The van der Waals surface area contributed by atoms with Gasteiger partial charge in [0.05, 0.1) is 27.8 Å². The second kappa shape index (κ2) is 6.60. The van der Waals surface area contributed by atoms with Crippen LogP contribution in [-0.4, -0.2) is 25.7 Å². The zero-order valence-corrected chi connectivity index (χ0v) is 14.8. The summed E-state index contributed by atoms with van der Waals surface area (Å²) in [5.41, 5.74) is 2.63. The van der Waals surface area contributed by atoms with Gasteiger partial charge in [-0.25, -0.2) is 19.4 Å². The molecule has 134 valence electrons. The molecule has 0 atom stereocenters. The molecular formula is C20H16N4O3. The predicted molar refractivity (Wildman–Crippen MR) is 100 cm³/mol. The van der Waals surface area contributed by atoms with Crippen LogP contribution in [0.25, 0.3) is 21.8 Å². The van der Waals surface area contributed by atoms with Crippen LogP contribution in [0.3, 0.4) is 0 Å². The summed E-state index contributed by atoms with van der Waals surface area (Å²) in [4.78, 5) is 33.8. The lowest BCUT2D eigenvalue weighted by atomic mass is 10.1. The molecule has 0 aliphatic rings. The van der Waals surface area contributed by atoms with E-state index in [0.717, 1.165) is 15.7 Å². The van der Waals surface area contributed by atoms with E-state index in [4.69, 9.17) is 4.74 Å². The maximum Gasteiger partial charge on any atom is 0.359 e. The maximum atomic E-state index is 12.6. The Bertz CT molecular complexity index is 1250. The third-order valence-corrected chi connectivity index (χ3v) is 4.33. The fourth-order valence-electron chi connectivity index (χ4n) is 2.91. The van der Waals surface area contributed by atoms with Crippen LogP contribution in [0.15, 0.2) is 53.3 Å². The largest absolute Gasteiger partial charge is 0.454 e. The molecule has 2 aromatic heterocycles. The van der Waals surface area contributed by atoms with E-state index < -0.39 is 5.97 Å². The fraction of sp³-hybridized carbons (Fsp3) is 0.150. The standard InChI is InChI=1S/C20H16N4O3/c1-12-17(22-16-10-6-5-9-15(16)21-12)11-27-20(26)18-13-7-3-4-8-14(13)19(25)24(2)23-18/h3-10H,11H2,1-2H3. The van der Waals surface area contributed by atoms with E-state index in [1.807, 2.05) is 31.2 Å². The van der Waals surface area contributed by atoms with E-state index in [0.29, 0.717) is 22.2 Å². The summed E-state index contributed by atoms with van der Waals surface area (Å²) in [6.45, 7) is 1.80. The highest BCUT2D eigenvalue weighted by atomic mass is 16.5. The second-order valence-corrected chi connectivity index (χ2v) is 6.14. The minimum atomic E-state index is -0.615. The number of ether oxygens (including phenoxy) is 1. The maximum absolute atomic E-state index is 12.6. The van der Waals surface area contributed by atoms with Gasteiger partial charge >= 0.3 is 5.97 Å². The Labute approximate surface area is 154 Å². The fourth-order valence-corrected chi connectivity index (χ4v) is 2.91. The Morgan fingerprint density at radius 3 is 2.37 bits per heavy atom. The molecule has 2 heterocycles. The van der Waals surface area contributed by atoms with E-state index >= 15 is 0 Å². The number of benzene rings is 2. The molecule has 0 fully saturated rings. The number of carbonyl (C=O) groups excluding carboxylic acids is 1. The van der Waals surface area contributed by atoms with Crippen LogP contribution in [0.4, 0.5) is 0 Å². The third kappa shape index (κ3) is 3.03. The van der Waals surface area contributed by atoms with Crippen molar-refractivity contribution < 1.29 is 9.53 Å². The second-order valence-electron chi connectivity index (χ2n) is 6.14. The lowest BCUT2D eigenvalue weighted by molar-refractivity contribution is 0.0460. The van der Waals surface area contributed by atoms with Crippen molar-refractivity contribution >= 4 is 27.8 Å². The lowest BCUT2D eigenvalue weighted by Crippen LogP contribution is -2.24. The highest BCUT2D eigenvalue weighted by molar-refractivity contribution is 6.02. The highest BCUT2D eigenvalue weighted by Crippen LogP contribution is 2.16. The van der Waals surface area contributed by atoms with E-state index in [1.165, 1.54) is 7.05 Å². The Kier molecular flexibility index (Phi) is 4.12. The molecular weight excluding hydrogens is 344 g/mol. The molecule has 0 N–H and O–H groups in total. The Hall–Kier alpha value is -3.61. The number of esters is 1. The number of para-hydroxylation sites is 2. The Balaban J connectivity index is 1.66. The van der Waals surface area contributed by atoms with Crippen molar-refractivity contribution in [1.82, 2.24) is 19.7 Å². The van der Waals surface area contributed by atoms with Crippen molar-refractivity contribution in [3.8, 4) is 0 Å². The first-order valence-corrected chi connectivity index (χ1v) is 8.40.